The molecular formula is C18H26N2O3. The van der Waals surface area contributed by atoms with Gasteiger partial charge in [-0.25, -0.2) is 0 Å². The number of amides is 2. The van der Waals surface area contributed by atoms with Crippen LogP contribution in [-0.2, 0) is 16.0 Å². The first kappa shape index (κ1) is 17.5. The molecule has 5 heteroatoms. The van der Waals surface area contributed by atoms with Gasteiger partial charge < -0.3 is 15.3 Å². The number of nitrogens with zero attached hydrogens (tertiary/aromatic N) is 1. The molecule has 1 heterocycles. The SMILES string of the molecule is CCc1ccccc1N1CC(C(=O)NC(C)C(C)CO)CC1=O. The zero-order valence-electron chi connectivity index (χ0n) is 14.1. The Kier molecular flexibility index (Phi) is 5.77. The number of aliphatic hydroxyl groups excluding tert-OH is 1. The van der Waals surface area contributed by atoms with Crippen molar-refractivity contribution in [3.05, 3.63) is 29.8 Å². The van der Waals surface area contributed by atoms with E-state index in [1.54, 1.807) is 4.90 Å². The van der Waals surface area contributed by atoms with Gasteiger partial charge in [0.25, 0.3) is 0 Å². The van der Waals surface area contributed by atoms with Crippen LogP contribution in [-0.4, -0.2) is 36.1 Å². The molecule has 1 aromatic carbocycles. The fraction of sp³-hybridized carbons (Fsp3) is 0.556. The highest BCUT2D eigenvalue weighted by molar-refractivity contribution is 6.00. The molecular weight excluding hydrogens is 292 g/mol. The highest BCUT2D eigenvalue weighted by Gasteiger charge is 2.36. The molecule has 23 heavy (non-hydrogen) atoms. The highest BCUT2D eigenvalue weighted by atomic mass is 16.3. The lowest BCUT2D eigenvalue weighted by atomic mass is 10.0. The van der Waals surface area contributed by atoms with E-state index in [9.17, 15) is 9.59 Å². The number of nitrogens with one attached hydrogen (secondary N) is 1. The van der Waals surface area contributed by atoms with E-state index in [1.165, 1.54) is 0 Å². The van der Waals surface area contributed by atoms with Crippen LogP contribution in [0.4, 0.5) is 5.69 Å². The summed E-state index contributed by atoms with van der Waals surface area (Å²) in [5.41, 5.74) is 2.02. The molecule has 0 radical (unpaired) electrons. The Bertz CT molecular complexity index is 573. The lowest BCUT2D eigenvalue weighted by Crippen LogP contribution is -2.42. The summed E-state index contributed by atoms with van der Waals surface area (Å²) in [7, 11) is 0. The van der Waals surface area contributed by atoms with Crippen molar-refractivity contribution in [3.8, 4) is 0 Å². The van der Waals surface area contributed by atoms with Crippen LogP contribution in [0.15, 0.2) is 24.3 Å². The Morgan fingerprint density at radius 1 is 1.39 bits per heavy atom. The molecule has 2 amide bonds. The maximum absolute atomic E-state index is 12.4. The van der Waals surface area contributed by atoms with E-state index in [4.69, 9.17) is 5.11 Å². The van der Waals surface area contributed by atoms with Crippen molar-refractivity contribution in [2.75, 3.05) is 18.1 Å². The largest absolute Gasteiger partial charge is 0.396 e. The number of rotatable bonds is 6. The molecule has 126 valence electrons. The van der Waals surface area contributed by atoms with Crippen molar-refractivity contribution in [2.24, 2.45) is 11.8 Å². The summed E-state index contributed by atoms with van der Waals surface area (Å²) >= 11 is 0. The van der Waals surface area contributed by atoms with Gasteiger partial charge in [0.05, 0.1) is 5.92 Å². The van der Waals surface area contributed by atoms with E-state index >= 15 is 0 Å². The molecule has 1 saturated heterocycles. The van der Waals surface area contributed by atoms with Gasteiger partial charge in [0, 0.05) is 31.3 Å². The summed E-state index contributed by atoms with van der Waals surface area (Å²) in [6.07, 6.45) is 1.09. The third-order valence-corrected chi connectivity index (χ3v) is 4.67. The number of carbonyl (C=O) groups excluding carboxylic acids is 2. The van der Waals surface area contributed by atoms with Gasteiger partial charge in [-0.3, -0.25) is 9.59 Å². The molecule has 2 N–H and O–H groups in total. The van der Waals surface area contributed by atoms with Crippen LogP contribution in [0.2, 0.25) is 0 Å². The van der Waals surface area contributed by atoms with Gasteiger partial charge in [0.2, 0.25) is 11.8 Å². The van der Waals surface area contributed by atoms with Crippen LogP contribution >= 0.6 is 0 Å². The standard InChI is InChI=1S/C18H26N2O3/c1-4-14-7-5-6-8-16(14)20-10-15(9-17(20)22)18(23)19-13(3)12(2)11-21/h5-8,12-13,15,21H,4,9-11H2,1-3H3,(H,19,23). The van der Waals surface area contributed by atoms with Gasteiger partial charge in [-0.15, -0.1) is 0 Å². The van der Waals surface area contributed by atoms with Crippen molar-refractivity contribution in [1.29, 1.82) is 0 Å². The first-order valence-corrected chi connectivity index (χ1v) is 8.27. The molecule has 1 aliphatic heterocycles. The number of aryl methyl sites for hydroxylation is 1. The van der Waals surface area contributed by atoms with Crippen molar-refractivity contribution in [2.45, 2.75) is 39.7 Å². The van der Waals surface area contributed by atoms with E-state index < -0.39 is 0 Å². The molecule has 5 nitrogen and oxygen atoms in total. The summed E-state index contributed by atoms with van der Waals surface area (Å²) in [6.45, 7) is 6.26. The summed E-state index contributed by atoms with van der Waals surface area (Å²) in [4.78, 5) is 26.4. The summed E-state index contributed by atoms with van der Waals surface area (Å²) in [5, 5.41) is 12.1. The molecule has 0 spiro atoms. The molecule has 1 aliphatic rings. The lowest BCUT2D eigenvalue weighted by Gasteiger charge is -2.22. The van der Waals surface area contributed by atoms with E-state index in [0.717, 1.165) is 17.7 Å². The van der Waals surface area contributed by atoms with E-state index in [1.807, 2.05) is 38.1 Å². The minimum Gasteiger partial charge on any atom is -0.396 e. The second-order valence-electron chi connectivity index (χ2n) is 6.34. The molecule has 1 aromatic rings. The van der Waals surface area contributed by atoms with Gasteiger partial charge in [-0.2, -0.15) is 0 Å². The number of carbonyl (C=O) groups is 2. The molecule has 2 rings (SSSR count). The Morgan fingerprint density at radius 2 is 2.09 bits per heavy atom. The second-order valence-corrected chi connectivity index (χ2v) is 6.34. The van der Waals surface area contributed by atoms with Crippen LogP contribution in [0.25, 0.3) is 0 Å². The molecule has 1 fully saturated rings. The number of hydrogen-bond donors (Lipinski definition) is 2. The fourth-order valence-corrected chi connectivity index (χ4v) is 2.83. The smallest absolute Gasteiger partial charge is 0.227 e. The van der Waals surface area contributed by atoms with Gasteiger partial charge in [0.15, 0.2) is 0 Å². The minimum absolute atomic E-state index is 0.00564. The quantitative estimate of drug-likeness (QED) is 0.839. The minimum atomic E-state index is -0.333. The number of benzene rings is 1. The third kappa shape index (κ3) is 3.91. The average molecular weight is 318 g/mol. The van der Waals surface area contributed by atoms with E-state index in [-0.39, 0.29) is 42.7 Å². The predicted molar refractivity (Wildman–Crippen MR) is 90.1 cm³/mol. The van der Waals surface area contributed by atoms with Gasteiger partial charge >= 0.3 is 0 Å². The topological polar surface area (TPSA) is 69.6 Å². The number of aliphatic hydroxyl groups is 1. The number of hydrogen-bond acceptors (Lipinski definition) is 3. The van der Waals surface area contributed by atoms with Crippen molar-refractivity contribution in [1.82, 2.24) is 5.32 Å². The zero-order chi connectivity index (χ0) is 17.0. The normalized spacial score (nSPS) is 20.4. The third-order valence-electron chi connectivity index (χ3n) is 4.67. The Balaban J connectivity index is 2.06. The fourth-order valence-electron chi connectivity index (χ4n) is 2.83. The molecule has 0 aromatic heterocycles. The first-order chi connectivity index (χ1) is 11.0. The Hall–Kier alpha value is -1.88. The first-order valence-electron chi connectivity index (χ1n) is 8.27. The van der Waals surface area contributed by atoms with Crippen LogP contribution in [0.5, 0.6) is 0 Å². The zero-order valence-corrected chi connectivity index (χ0v) is 14.1. The molecule has 0 saturated carbocycles. The maximum Gasteiger partial charge on any atom is 0.227 e. The summed E-state index contributed by atoms with van der Waals surface area (Å²) < 4.78 is 0. The van der Waals surface area contributed by atoms with E-state index in [2.05, 4.69) is 12.2 Å². The molecule has 0 aliphatic carbocycles. The highest BCUT2D eigenvalue weighted by Crippen LogP contribution is 2.28. The lowest BCUT2D eigenvalue weighted by molar-refractivity contribution is -0.127. The monoisotopic (exact) mass is 318 g/mol. The Morgan fingerprint density at radius 3 is 2.74 bits per heavy atom. The summed E-state index contributed by atoms with van der Waals surface area (Å²) in [5.74, 6) is -0.453. The molecule has 3 atom stereocenters. The van der Waals surface area contributed by atoms with Gasteiger partial charge in [-0.1, -0.05) is 32.0 Å². The second kappa shape index (κ2) is 7.59. The Labute approximate surface area is 137 Å². The van der Waals surface area contributed by atoms with Crippen molar-refractivity contribution in [3.63, 3.8) is 0 Å². The molecule has 0 bridgehead atoms. The maximum atomic E-state index is 12.4. The van der Waals surface area contributed by atoms with E-state index in [0.29, 0.717) is 6.54 Å². The van der Waals surface area contributed by atoms with Crippen LogP contribution < -0.4 is 10.2 Å². The van der Waals surface area contributed by atoms with Crippen molar-refractivity contribution < 1.29 is 14.7 Å². The molecule has 3 unspecified atom stereocenters. The predicted octanol–water partition coefficient (Wildman–Crippen LogP) is 1.73. The average Bonchev–Trinajstić information content (AvgIpc) is 2.95. The van der Waals surface area contributed by atoms with Crippen LogP contribution in [0.3, 0.4) is 0 Å². The number of para-hydroxylation sites is 1. The van der Waals surface area contributed by atoms with Gasteiger partial charge in [-0.05, 0) is 30.9 Å². The van der Waals surface area contributed by atoms with Crippen LogP contribution in [0.1, 0.15) is 32.8 Å². The van der Waals surface area contributed by atoms with Crippen molar-refractivity contribution >= 4 is 17.5 Å². The van der Waals surface area contributed by atoms with Crippen LogP contribution in [0, 0.1) is 11.8 Å². The summed E-state index contributed by atoms with van der Waals surface area (Å²) in [6, 6.07) is 7.72. The van der Waals surface area contributed by atoms with Gasteiger partial charge in [0.1, 0.15) is 0 Å². The number of anilines is 1.